The number of aliphatic hydroxyl groups is 1. The maximum Gasteiger partial charge on any atom is 0.177 e. The second-order valence-corrected chi connectivity index (χ2v) is 5.88. The number of ether oxygens (including phenoxy) is 1. The standard InChI is InChI=1S/C18H24N4O2/c1-4-14(5-2)22-18-16(12(3)21-22)19-17(20-18)13-6-8-15(9-7-13)24-11-10-23/h6-9,14,23H,4-5,10-11H2,1-3H3,(H,19,20). The first-order valence-electron chi connectivity index (χ1n) is 8.46. The third kappa shape index (κ3) is 3.01. The third-order valence-corrected chi connectivity index (χ3v) is 4.30. The van der Waals surface area contributed by atoms with Crippen LogP contribution in [0.3, 0.4) is 0 Å². The average Bonchev–Trinajstić information content (AvgIpc) is 3.16. The molecule has 0 unspecified atom stereocenters. The first kappa shape index (κ1) is 16.5. The molecule has 0 aliphatic carbocycles. The molecule has 0 saturated heterocycles. The smallest absolute Gasteiger partial charge is 0.177 e. The summed E-state index contributed by atoms with van der Waals surface area (Å²) in [4.78, 5) is 8.17. The van der Waals surface area contributed by atoms with E-state index in [1.54, 1.807) is 0 Å². The number of aliphatic hydroxyl groups excluding tert-OH is 1. The summed E-state index contributed by atoms with van der Waals surface area (Å²) in [5.74, 6) is 1.57. The van der Waals surface area contributed by atoms with Crippen LogP contribution in [0.1, 0.15) is 38.4 Å². The van der Waals surface area contributed by atoms with E-state index in [2.05, 4.69) is 23.9 Å². The Morgan fingerprint density at radius 3 is 2.54 bits per heavy atom. The van der Waals surface area contributed by atoms with E-state index in [1.807, 2.05) is 35.9 Å². The number of H-pyrrole nitrogens is 1. The molecule has 0 fully saturated rings. The van der Waals surface area contributed by atoms with E-state index in [0.29, 0.717) is 12.6 Å². The maximum atomic E-state index is 8.81. The second kappa shape index (κ2) is 7.05. The lowest BCUT2D eigenvalue weighted by Crippen LogP contribution is -2.09. The van der Waals surface area contributed by atoms with Gasteiger partial charge in [0.2, 0.25) is 0 Å². The number of hydrogen-bond acceptors (Lipinski definition) is 4. The highest BCUT2D eigenvalue weighted by Gasteiger charge is 2.18. The molecule has 0 aliphatic heterocycles. The predicted molar refractivity (Wildman–Crippen MR) is 94.3 cm³/mol. The molecule has 0 aliphatic rings. The lowest BCUT2D eigenvalue weighted by Gasteiger charge is -2.12. The molecule has 6 heteroatoms. The summed E-state index contributed by atoms with van der Waals surface area (Å²) in [6, 6.07) is 8.08. The minimum atomic E-state index is 0.0110. The number of hydrogen-bond donors (Lipinski definition) is 2. The number of nitrogens with one attached hydrogen (secondary N) is 1. The van der Waals surface area contributed by atoms with Gasteiger partial charge >= 0.3 is 0 Å². The fraction of sp³-hybridized carbons (Fsp3) is 0.444. The van der Waals surface area contributed by atoms with Gasteiger partial charge in [0, 0.05) is 5.56 Å². The zero-order valence-electron chi connectivity index (χ0n) is 14.4. The van der Waals surface area contributed by atoms with Gasteiger partial charge in [-0.3, -0.25) is 0 Å². The number of fused-ring (bicyclic) bond motifs is 1. The van der Waals surface area contributed by atoms with Gasteiger partial charge in [0.05, 0.1) is 18.3 Å². The first-order chi connectivity index (χ1) is 11.7. The molecule has 0 radical (unpaired) electrons. The Morgan fingerprint density at radius 2 is 1.92 bits per heavy atom. The number of rotatable bonds is 7. The fourth-order valence-corrected chi connectivity index (χ4v) is 2.94. The molecule has 3 rings (SSSR count). The summed E-state index contributed by atoms with van der Waals surface area (Å²) >= 11 is 0. The number of aromatic nitrogens is 4. The Hall–Kier alpha value is -2.34. The average molecular weight is 328 g/mol. The van der Waals surface area contributed by atoms with Crippen molar-refractivity contribution < 1.29 is 9.84 Å². The molecule has 0 bridgehead atoms. The van der Waals surface area contributed by atoms with Gasteiger partial charge in [-0.15, -0.1) is 0 Å². The van der Waals surface area contributed by atoms with E-state index in [-0.39, 0.29) is 6.61 Å². The normalized spacial score (nSPS) is 11.5. The van der Waals surface area contributed by atoms with Crippen LogP contribution in [0, 0.1) is 6.92 Å². The summed E-state index contributed by atoms with van der Waals surface area (Å²) in [5.41, 5.74) is 3.88. The minimum Gasteiger partial charge on any atom is -0.491 e. The van der Waals surface area contributed by atoms with Crippen molar-refractivity contribution >= 4 is 11.2 Å². The second-order valence-electron chi connectivity index (χ2n) is 5.88. The van der Waals surface area contributed by atoms with Crippen molar-refractivity contribution in [2.24, 2.45) is 0 Å². The van der Waals surface area contributed by atoms with E-state index in [9.17, 15) is 0 Å². The van der Waals surface area contributed by atoms with Gasteiger partial charge in [0.1, 0.15) is 23.7 Å². The predicted octanol–water partition coefficient (Wildman–Crippen LogP) is 3.47. The molecule has 6 nitrogen and oxygen atoms in total. The van der Waals surface area contributed by atoms with Crippen molar-refractivity contribution in [1.82, 2.24) is 19.7 Å². The van der Waals surface area contributed by atoms with Crippen molar-refractivity contribution in [3.63, 3.8) is 0 Å². The molecular weight excluding hydrogens is 304 g/mol. The fourth-order valence-electron chi connectivity index (χ4n) is 2.94. The molecule has 1 aromatic carbocycles. The van der Waals surface area contributed by atoms with Crippen molar-refractivity contribution in [3.8, 4) is 17.1 Å². The van der Waals surface area contributed by atoms with Crippen LogP contribution in [0.15, 0.2) is 24.3 Å². The van der Waals surface area contributed by atoms with Gasteiger partial charge in [-0.2, -0.15) is 5.10 Å². The Kier molecular flexibility index (Phi) is 4.85. The molecular formula is C18H24N4O2. The summed E-state index contributed by atoms with van der Waals surface area (Å²) in [6.07, 6.45) is 2.07. The van der Waals surface area contributed by atoms with Crippen LogP contribution in [0.4, 0.5) is 0 Å². The Balaban J connectivity index is 1.94. The van der Waals surface area contributed by atoms with Gasteiger partial charge in [0.15, 0.2) is 5.65 Å². The molecule has 2 heterocycles. The Bertz CT molecular complexity index is 800. The van der Waals surface area contributed by atoms with Crippen LogP contribution in [-0.2, 0) is 0 Å². The molecule has 2 aromatic heterocycles. The molecule has 24 heavy (non-hydrogen) atoms. The lowest BCUT2D eigenvalue weighted by atomic mass is 10.2. The molecule has 3 aromatic rings. The lowest BCUT2D eigenvalue weighted by molar-refractivity contribution is 0.201. The van der Waals surface area contributed by atoms with E-state index in [4.69, 9.17) is 14.8 Å². The van der Waals surface area contributed by atoms with Crippen LogP contribution in [0.5, 0.6) is 5.75 Å². The summed E-state index contributed by atoms with van der Waals surface area (Å²) < 4.78 is 7.44. The molecule has 2 N–H and O–H groups in total. The first-order valence-corrected chi connectivity index (χ1v) is 8.46. The van der Waals surface area contributed by atoms with E-state index >= 15 is 0 Å². The highest BCUT2D eigenvalue weighted by molar-refractivity contribution is 5.79. The maximum absolute atomic E-state index is 8.81. The quantitative estimate of drug-likeness (QED) is 0.696. The van der Waals surface area contributed by atoms with Gasteiger partial charge in [-0.05, 0) is 44.0 Å². The van der Waals surface area contributed by atoms with E-state index in [0.717, 1.165) is 46.8 Å². The van der Waals surface area contributed by atoms with Crippen molar-refractivity contribution in [3.05, 3.63) is 30.0 Å². The number of benzene rings is 1. The highest BCUT2D eigenvalue weighted by Crippen LogP contribution is 2.27. The van der Waals surface area contributed by atoms with Gasteiger partial charge < -0.3 is 14.8 Å². The molecule has 0 spiro atoms. The van der Waals surface area contributed by atoms with Crippen LogP contribution in [0.25, 0.3) is 22.6 Å². The largest absolute Gasteiger partial charge is 0.491 e. The zero-order chi connectivity index (χ0) is 17.1. The van der Waals surface area contributed by atoms with Gasteiger partial charge in [-0.1, -0.05) is 13.8 Å². The highest BCUT2D eigenvalue weighted by atomic mass is 16.5. The van der Waals surface area contributed by atoms with Gasteiger partial charge in [-0.25, -0.2) is 9.67 Å². The number of imidazole rings is 1. The number of aryl methyl sites for hydroxylation is 1. The molecule has 0 amide bonds. The number of nitrogens with zero attached hydrogens (tertiary/aromatic N) is 3. The zero-order valence-corrected chi connectivity index (χ0v) is 14.4. The minimum absolute atomic E-state index is 0.0110. The van der Waals surface area contributed by atoms with Gasteiger partial charge in [0.25, 0.3) is 0 Å². The summed E-state index contributed by atoms with van der Waals surface area (Å²) in [6.45, 7) is 6.67. The number of aromatic amines is 1. The van der Waals surface area contributed by atoms with Crippen molar-refractivity contribution in [2.45, 2.75) is 39.7 Å². The van der Waals surface area contributed by atoms with Crippen LogP contribution in [-0.4, -0.2) is 38.1 Å². The van der Waals surface area contributed by atoms with Crippen LogP contribution < -0.4 is 4.74 Å². The molecule has 0 saturated carbocycles. The van der Waals surface area contributed by atoms with Crippen molar-refractivity contribution in [1.29, 1.82) is 0 Å². The third-order valence-electron chi connectivity index (χ3n) is 4.30. The molecule has 128 valence electrons. The topological polar surface area (TPSA) is 76.0 Å². The SMILES string of the molecule is CCC(CC)n1nc(C)c2[nH]c(-c3ccc(OCCO)cc3)nc21. The van der Waals surface area contributed by atoms with E-state index < -0.39 is 0 Å². The van der Waals surface area contributed by atoms with E-state index in [1.165, 1.54) is 0 Å². The summed E-state index contributed by atoms with van der Waals surface area (Å²) in [7, 11) is 0. The monoisotopic (exact) mass is 328 g/mol. The summed E-state index contributed by atoms with van der Waals surface area (Å²) in [5, 5.41) is 13.5. The molecule has 0 atom stereocenters. The Labute approximate surface area is 141 Å². The van der Waals surface area contributed by atoms with Crippen LogP contribution in [0.2, 0.25) is 0 Å². The Morgan fingerprint density at radius 1 is 1.21 bits per heavy atom. The van der Waals surface area contributed by atoms with Crippen LogP contribution >= 0.6 is 0 Å². The van der Waals surface area contributed by atoms with Crippen molar-refractivity contribution in [2.75, 3.05) is 13.2 Å².